The minimum atomic E-state index is -4.37. The fourth-order valence-electron chi connectivity index (χ4n) is 2.36. The summed E-state index contributed by atoms with van der Waals surface area (Å²) in [5.41, 5.74) is 0.699. The molecule has 0 spiro atoms. The van der Waals surface area contributed by atoms with E-state index in [0.29, 0.717) is 17.3 Å². The van der Waals surface area contributed by atoms with Crippen LogP contribution in [0.5, 0.6) is 0 Å². The number of hydrogen-bond acceptors (Lipinski definition) is 4. The van der Waals surface area contributed by atoms with Crippen molar-refractivity contribution < 1.29 is 13.2 Å². The number of fused-ring (bicyclic) bond motifs is 1. The number of anilines is 2. The summed E-state index contributed by atoms with van der Waals surface area (Å²) in [7, 11) is 0. The summed E-state index contributed by atoms with van der Waals surface area (Å²) in [6.45, 7) is 5.72. The van der Waals surface area contributed by atoms with Crippen molar-refractivity contribution in [3.05, 3.63) is 46.1 Å². The van der Waals surface area contributed by atoms with Crippen LogP contribution in [0.25, 0.3) is 10.2 Å². The molecule has 3 nitrogen and oxygen atoms in total. The Morgan fingerprint density at radius 2 is 1.83 bits per heavy atom. The molecule has 0 fully saturated rings. The zero-order chi connectivity index (χ0) is 16.8. The zero-order valence-corrected chi connectivity index (χ0v) is 13.6. The Morgan fingerprint density at radius 3 is 2.52 bits per heavy atom. The van der Waals surface area contributed by atoms with E-state index < -0.39 is 11.7 Å². The van der Waals surface area contributed by atoms with Crippen LogP contribution in [0.15, 0.2) is 24.3 Å². The molecule has 2 heterocycles. The molecule has 7 heteroatoms. The van der Waals surface area contributed by atoms with Gasteiger partial charge in [0.05, 0.1) is 10.9 Å². The first-order valence-electron chi connectivity index (χ1n) is 6.94. The molecule has 0 saturated carbocycles. The van der Waals surface area contributed by atoms with Gasteiger partial charge in [0.25, 0.3) is 0 Å². The Hall–Kier alpha value is -2.15. The molecule has 0 saturated heterocycles. The van der Waals surface area contributed by atoms with E-state index in [4.69, 9.17) is 0 Å². The Balaban J connectivity index is 2.08. The average molecular weight is 337 g/mol. The Kier molecular flexibility index (Phi) is 3.75. The van der Waals surface area contributed by atoms with E-state index >= 15 is 0 Å². The number of nitrogens with one attached hydrogen (secondary N) is 1. The second kappa shape index (κ2) is 5.49. The molecule has 3 aromatic rings. The van der Waals surface area contributed by atoms with E-state index in [1.807, 2.05) is 13.8 Å². The van der Waals surface area contributed by atoms with Gasteiger partial charge in [-0.25, -0.2) is 9.97 Å². The molecule has 0 amide bonds. The number of benzene rings is 1. The summed E-state index contributed by atoms with van der Waals surface area (Å²) < 4.78 is 38.5. The van der Waals surface area contributed by atoms with Crippen molar-refractivity contribution in [2.45, 2.75) is 26.9 Å². The van der Waals surface area contributed by atoms with E-state index in [1.165, 1.54) is 6.07 Å². The maximum absolute atomic E-state index is 12.8. The minimum Gasteiger partial charge on any atom is -0.340 e. The van der Waals surface area contributed by atoms with Crippen LogP contribution in [-0.2, 0) is 6.18 Å². The van der Waals surface area contributed by atoms with Crippen LogP contribution in [0, 0.1) is 20.8 Å². The van der Waals surface area contributed by atoms with E-state index in [-0.39, 0.29) is 0 Å². The lowest BCUT2D eigenvalue weighted by Gasteiger charge is -2.11. The number of alkyl halides is 3. The molecule has 0 aliphatic rings. The van der Waals surface area contributed by atoms with E-state index in [9.17, 15) is 13.2 Å². The molecule has 23 heavy (non-hydrogen) atoms. The van der Waals surface area contributed by atoms with Gasteiger partial charge >= 0.3 is 6.18 Å². The van der Waals surface area contributed by atoms with Crippen molar-refractivity contribution in [2.75, 3.05) is 5.32 Å². The van der Waals surface area contributed by atoms with Crippen molar-refractivity contribution in [3.8, 4) is 0 Å². The van der Waals surface area contributed by atoms with E-state index in [0.717, 1.165) is 32.8 Å². The van der Waals surface area contributed by atoms with Crippen LogP contribution in [0.2, 0.25) is 0 Å². The number of halogens is 3. The van der Waals surface area contributed by atoms with Crippen LogP contribution in [-0.4, -0.2) is 9.97 Å². The van der Waals surface area contributed by atoms with Crippen molar-refractivity contribution in [3.63, 3.8) is 0 Å². The highest BCUT2D eigenvalue weighted by Crippen LogP contribution is 2.35. The smallest absolute Gasteiger partial charge is 0.340 e. The molecule has 1 N–H and O–H groups in total. The fourth-order valence-corrected chi connectivity index (χ4v) is 3.43. The predicted octanol–water partition coefficient (Wildman–Crippen LogP) is 5.38. The van der Waals surface area contributed by atoms with Gasteiger partial charge in [-0.1, -0.05) is 6.07 Å². The summed E-state index contributed by atoms with van der Waals surface area (Å²) in [5, 5.41) is 3.87. The van der Waals surface area contributed by atoms with Gasteiger partial charge in [-0.2, -0.15) is 13.2 Å². The average Bonchev–Trinajstić information content (AvgIpc) is 2.73. The number of aromatic nitrogens is 2. The van der Waals surface area contributed by atoms with Crippen molar-refractivity contribution in [2.24, 2.45) is 0 Å². The van der Waals surface area contributed by atoms with Gasteiger partial charge in [-0.15, -0.1) is 11.3 Å². The minimum absolute atomic E-state index is 0.350. The van der Waals surface area contributed by atoms with Crippen molar-refractivity contribution in [1.82, 2.24) is 9.97 Å². The lowest BCUT2D eigenvalue weighted by molar-refractivity contribution is -0.137. The van der Waals surface area contributed by atoms with Crippen molar-refractivity contribution in [1.29, 1.82) is 0 Å². The molecule has 120 valence electrons. The Labute approximate surface area is 135 Å². The lowest BCUT2D eigenvalue weighted by Crippen LogP contribution is -2.05. The van der Waals surface area contributed by atoms with Crippen molar-refractivity contribution >= 4 is 33.1 Å². The molecule has 0 unspecified atom stereocenters. The number of aryl methyl sites for hydroxylation is 3. The molecule has 3 rings (SSSR count). The van der Waals surface area contributed by atoms with Gasteiger partial charge in [-0.05, 0) is 44.5 Å². The quantitative estimate of drug-likeness (QED) is 0.682. The second-order valence-corrected chi connectivity index (χ2v) is 6.49. The Morgan fingerprint density at radius 1 is 1.09 bits per heavy atom. The van der Waals surface area contributed by atoms with Crippen LogP contribution in [0.4, 0.5) is 24.7 Å². The molecule has 0 aliphatic heterocycles. The lowest BCUT2D eigenvalue weighted by atomic mass is 10.1. The van der Waals surface area contributed by atoms with E-state index in [2.05, 4.69) is 15.3 Å². The first kappa shape index (κ1) is 15.7. The summed E-state index contributed by atoms with van der Waals surface area (Å²) >= 11 is 1.55. The summed E-state index contributed by atoms with van der Waals surface area (Å²) in [6.07, 6.45) is -4.37. The predicted molar refractivity (Wildman–Crippen MR) is 86.4 cm³/mol. The second-order valence-electron chi connectivity index (χ2n) is 5.29. The highest BCUT2D eigenvalue weighted by molar-refractivity contribution is 7.18. The third-order valence-electron chi connectivity index (χ3n) is 3.59. The molecule has 2 aromatic heterocycles. The van der Waals surface area contributed by atoms with Gasteiger partial charge in [0.1, 0.15) is 16.5 Å². The standard InChI is InChI=1S/C16H14F3N3S/c1-8-9(2)23-15-13(8)14(20-10(3)21-15)22-12-6-4-5-11(7-12)16(17,18)19/h4-7H,1-3H3,(H,20,21,22). The third-order valence-corrected chi connectivity index (χ3v) is 4.69. The molecular formula is C16H14F3N3S. The normalized spacial score (nSPS) is 11.9. The maximum Gasteiger partial charge on any atom is 0.416 e. The maximum atomic E-state index is 12.8. The van der Waals surface area contributed by atoms with Crippen LogP contribution >= 0.6 is 11.3 Å². The number of hydrogen-bond donors (Lipinski definition) is 1. The molecule has 1 aromatic carbocycles. The van der Waals surface area contributed by atoms with Gasteiger partial charge in [0.2, 0.25) is 0 Å². The van der Waals surface area contributed by atoms with Crippen LogP contribution in [0.3, 0.4) is 0 Å². The number of rotatable bonds is 2. The topological polar surface area (TPSA) is 37.8 Å². The van der Waals surface area contributed by atoms with Gasteiger partial charge in [0, 0.05) is 10.6 Å². The van der Waals surface area contributed by atoms with Crippen LogP contribution < -0.4 is 5.32 Å². The number of nitrogens with zero attached hydrogens (tertiary/aromatic N) is 2. The first-order valence-corrected chi connectivity index (χ1v) is 7.76. The van der Waals surface area contributed by atoms with Gasteiger partial charge < -0.3 is 5.32 Å². The highest BCUT2D eigenvalue weighted by Gasteiger charge is 2.30. The molecule has 0 aliphatic carbocycles. The highest BCUT2D eigenvalue weighted by atomic mass is 32.1. The Bertz CT molecular complexity index is 884. The largest absolute Gasteiger partial charge is 0.416 e. The van der Waals surface area contributed by atoms with Gasteiger partial charge in [-0.3, -0.25) is 0 Å². The third kappa shape index (κ3) is 3.01. The molecule has 0 bridgehead atoms. The van der Waals surface area contributed by atoms with Crippen LogP contribution in [0.1, 0.15) is 21.8 Å². The van der Waals surface area contributed by atoms with Gasteiger partial charge in [0.15, 0.2) is 0 Å². The fraction of sp³-hybridized carbons (Fsp3) is 0.250. The number of thiophene rings is 1. The molecule has 0 atom stereocenters. The molecular weight excluding hydrogens is 323 g/mol. The van der Waals surface area contributed by atoms with E-state index in [1.54, 1.807) is 24.3 Å². The summed E-state index contributed by atoms with van der Waals surface area (Å²) in [5.74, 6) is 1.11. The first-order chi connectivity index (χ1) is 10.8. The SMILES string of the molecule is Cc1nc(Nc2cccc(C(F)(F)F)c2)c2c(C)c(C)sc2n1. The molecule has 0 radical (unpaired) electrons. The zero-order valence-electron chi connectivity index (χ0n) is 12.7. The monoisotopic (exact) mass is 337 g/mol. The summed E-state index contributed by atoms with van der Waals surface area (Å²) in [4.78, 5) is 10.7. The summed E-state index contributed by atoms with van der Waals surface area (Å²) in [6, 6.07) is 5.10.